The van der Waals surface area contributed by atoms with Crippen molar-refractivity contribution in [2.45, 2.75) is 19.4 Å². The van der Waals surface area contributed by atoms with Crippen LogP contribution in [0.5, 0.6) is 0 Å². The first-order valence-corrected chi connectivity index (χ1v) is 8.11. The summed E-state index contributed by atoms with van der Waals surface area (Å²) in [6, 6.07) is 11.9. The number of hydrogen-bond donors (Lipinski definition) is 1. The van der Waals surface area contributed by atoms with Crippen LogP contribution in [-0.2, 0) is 16.1 Å². The number of carbonyl (C=O) groups excluding carboxylic acids is 2. The molecule has 0 saturated heterocycles. The van der Waals surface area contributed by atoms with Gasteiger partial charge in [0, 0.05) is 18.0 Å². The molecule has 0 unspecified atom stereocenters. The number of rotatable bonds is 6. The molecule has 3 rings (SSSR count). The van der Waals surface area contributed by atoms with Crippen molar-refractivity contribution < 1.29 is 18.4 Å². The normalized spacial score (nSPS) is 13.4. The quantitative estimate of drug-likeness (QED) is 0.874. The molecule has 1 saturated carbocycles. The molecule has 2 amide bonds. The lowest BCUT2D eigenvalue weighted by molar-refractivity contribution is -0.136. The van der Waals surface area contributed by atoms with E-state index in [0.29, 0.717) is 5.56 Å². The zero-order valence-electron chi connectivity index (χ0n) is 13.5. The van der Waals surface area contributed by atoms with E-state index in [1.807, 2.05) is 0 Å². The maximum absolute atomic E-state index is 13.9. The summed E-state index contributed by atoms with van der Waals surface area (Å²) in [4.78, 5) is 26.0. The molecule has 0 radical (unpaired) electrons. The average molecular weight is 344 g/mol. The number of carbonyl (C=O) groups is 2. The number of halogens is 2. The molecule has 6 heteroatoms. The maximum atomic E-state index is 13.9. The summed E-state index contributed by atoms with van der Waals surface area (Å²) in [6.07, 6.45) is 1.56. The second-order valence-corrected chi connectivity index (χ2v) is 6.09. The Kier molecular flexibility index (Phi) is 5.07. The van der Waals surface area contributed by atoms with Crippen LogP contribution in [0.15, 0.2) is 48.5 Å². The lowest BCUT2D eigenvalue weighted by Gasteiger charge is -2.22. The van der Waals surface area contributed by atoms with Crippen molar-refractivity contribution in [3.8, 4) is 0 Å². The third-order valence-corrected chi connectivity index (χ3v) is 4.04. The topological polar surface area (TPSA) is 49.4 Å². The van der Waals surface area contributed by atoms with Crippen molar-refractivity contribution >= 4 is 17.5 Å². The van der Waals surface area contributed by atoms with Crippen molar-refractivity contribution in [3.05, 3.63) is 65.7 Å². The van der Waals surface area contributed by atoms with E-state index in [0.717, 1.165) is 12.8 Å². The standard InChI is InChI=1S/C19H18F2N2O2/c20-15-6-2-1-5-14(15)11-23(19(25)13-9-10-13)12-18(24)22-17-8-4-3-7-16(17)21/h1-8,13H,9-12H2,(H,22,24). The predicted molar refractivity (Wildman–Crippen MR) is 89.6 cm³/mol. The molecular weight excluding hydrogens is 326 g/mol. The van der Waals surface area contributed by atoms with Gasteiger partial charge >= 0.3 is 0 Å². The summed E-state index contributed by atoms with van der Waals surface area (Å²) in [5, 5.41) is 2.45. The van der Waals surface area contributed by atoms with Crippen LogP contribution in [0.25, 0.3) is 0 Å². The van der Waals surface area contributed by atoms with E-state index >= 15 is 0 Å². The molecule has 4 nitrogen and oxygen atoms in total. The first-order valence-electron chi connectivity index (χ1n) is 8.11. The van der Waals surface area contributed by atoms with E-state index in [1.54, 1.807) is 24.3 Å². The monoisotopic (exact) mass is 344 g/mol. The minimum atomic E-state index is -0.551. The third-order valence-electron chi connectivity index (χ3n) is 4.04. The minimum Gasteiger partial charge on any atom is -0.329 e. The number of hydrogen-bond acceptors (Lipinski definition) is 2. The van der Waals surface area contributed by atoms with E-state index < -0.39 is 17.5 Å². The van der Waals surface area contributed by atoms with Crippen molar-refractivity contribution in [3.63, 3.8) is 0 Å². The summed E-state index contributed by atoms with van der Waals surface area (Å²) in [5.41, 5.74) is 0.396. The van der Waals surface area contributed by atoms with Crippen molar-refractivity contribution in [2.75, 3.05) is 11.9 Å². The van der Waals surface area contributed by atoms with Crippen LogP contribution in [0.3, 0.4) is 0 Å². The van der Waals surface area contributed by atoms with Gasteiger partial charge in [0.15, 0.2) is 0 Å². The van der Waals surface area contributed by atoms with Gasteiger partial charge < -0.3 is 10.2 Å². The largest absolute Gasteiger partial charge is 0.329 e. The average Bonchev–Trinajstić information content (AvgIpc) is 3.42. The molecule has 1 N–H and O–H groups in total. The molecule has 2 aromatic carbocycles. The Balaban J connectivity index is 1.71. The highest BCUT2D eigenvalue weighted by molar-refractivity contribution is 5.95. The molecule has 0 heterocycles. The fourth-order valence-electron chi connectivity index (χ4n) is 2.56. The number of amides is 2. The number of para-hydroxylation sites is 1. The molecule has 0 bridgehead atoms. The summed E-state index contributed by atoms with van der Waals surface area (Å²) < 4.78 is 27.5. The summed E-state index contributed by atoms with van der Waals surface area (Å²) in [7, 11) is 0. The molecule has 0 aliphatic heterocycles. The molecule has 0 atom stereocenters. The van der Waals surface area contributed by atoms with Gasteiger partial charge in [0.2, 0.25) is 11.8 Å². The van der Waals surface area contributed by atoms with Gasteiger partial charge in [0.25, 0.3) is 0 Å². The molecule has 130 valence electrons. The van der Waals surface area contributed by atoms with Gasteiger partial charge in [-0.05, 0) is 31.0 Å². The molecule has 0 spiro atoms. The zero-order chi connectivity index (χ0) is 17.8. The highest BCUT2D eigenvalue weighted by Crippen LogP contribution is 2.31. The van der Waals surface area contributed by atoms with Crippen molar-refractivity contribution in [1.29, 1.82) is 0 Å². The Morgan fingerprint density at radius 1 is 1.00 bits per heavy atom. The van der Waals surface area contributed by atoms with E-state index in [-0.39, 0.29) is 30.6 Å². The molecule has 1 fully saturated rings. The van der Waals surface area contributed by atoms with E-state index in [2.05, 4.69) is 5.32 Å². The van der Waals surface area contributed by atoms with Gasteiger partial charge in [-0.15, -0.1) is 0 Å². The van der Waals surface area contributed by atoms with Crippen LogP contribution < -0.4 is 5.32 Å². The lowest BCUT2D eigenvalue weighted by atomic mass is 10.2. The smallest absolute Gasteiger partial charge is 0.244 e. The molecule has 25 heavy (non-hydrogen) atoms. The van der Waals surface area contributed by atoms with E-state index in [1.165, 1.54) is 29.2 Å². The summed E-state index contributed by atoms with van der Waals surface area (Å²) in [5.74, 6) is -1.77. The molecule has 0 aromatic heterocycles. The van der Waals surface area contributed by atoms with E-state index in [9.17, 15) is 18.4 Å². The predicted octanol–water partition coefficient (Wildman–Crippen LogP) is 3.34. The van der Waals surface area contributed by atoms with Crippen LogP contribution in [-0.4, -0.2) is 23.3 Å². The van der Waals surface area contributed by atoms with Crippen LogP contribution in [0.4, 0.5) is 14.5 Å². The number of anilines is 1. The van der Waals surface area contributed by atoms with Gasteiger partial charge in [-0.1, -0.05) is 30.3 Å². The minimum absolute atomic E-state index is 0.00665. The Morgan fingerprint density at radius 2 is 1.64 bits per heavy atom. The van der Waals surface area contributed by atoms with Gasteiger partial charge in [0.05, 0.1) is 5.69 Å². The Labute approximate surface area is 144 Å². The molecule has 2 aromatic rings. The van der Waals surface area contributed by atoms with E-state index in [4.69, 9.17) is 0 Å². The van der Waals surface area contributed by atoms with Crippen molar-refractivity contribution in [1.82, 2.24) is 4.90 Å². The summed E-state index contributed by atoms with van der Waals surface area (Å²) in [6.45, 7) is -0.245. The fourth-order valence-corrected chi connectivity index (χ4v) is 2.56. The fraction of sp³-hybridized carbons (Fsp3) is 0.263. The highest BCUT2D eigenvalue weighted by Gasteiger charge is 2.34. The highest BCUT2D eigenvalue weighted by atomic mass is 19.1. The van der Waals surface area contributed by atoms with Crippen LogP contribution in [0, 0.1) is 17.6 Å². The maximum Gasteiger partial charge on any atom is 0.244 e. The van der Waals surface area contributed by atoms with Gasteiger partial charge in [-0.2, -0.15) is 0 Å². The van der Waals surface area contributed by atoms with Gasteiger partial charge in [-0.25, -0.2) is 8.78 Å². The number of nitrogens with one attached hydrogen (secondary N) is 1. The summed E-state index contributed by atoms with van der Waals surface area (Å²) >= 11 is 0. The Hall–Kier alpha value is -2.76. The molecular formula is C19H18F2N2O2. The first kappa shape index (κ1) is 17.1. The first-order chi connectivity index (χ1) is 12.0. The van der Waals surface area contributed by atoms with Crippen LogP contribution in [0.1, 0.15) is 18.4 Å². The molecule has 1 aliphatic carbocycles. The second kappa shape index (κ2) is 7.42. The number of benzene rings is 2. The Bertz CT molecular complexity index is 790. The second-order valence-electron chi connectivity index (χ2n) is 6.09. The zero-order valence-corrected chi connectivity index (χ0v) is 13.5. The van der Waals surface area contributed by atoms with Crippen LogP contribution in [0.2, 0.25) is 0 Å². The van der Waals surface area contributed by atoms with Crippen molar-refractivity contribution in [2.24, 2.45) is 5.92 Å². The van der Waals surface area contributed by atoms with Gasteiger partial charge in [-0.3, -0.25) is 9.59 Å². The Morgan fingerprint density at radius 3 is 2.28 bits per heavy atom. The van der Waals surface area contributed by atoms with Crippen LogP contribution >= 0.6 is 0 Å². The molecule has 1 aliphatic rings. The third kappa shape index (κ3) is 4.41. The van der Waals surface area contributed by atoms with Gasteiger partial charge in [0.1, 0.15) is 18.2 Å². The lowest BCUT2D eigenvalue weighted by Crippen LogP contribution is -2.38. The SMILES string of the molecule is O=C(CN(Cc1ccccc1F)C(=O)C1CC1)Nc1ccccc1F. The number of nitrogens with zero attached hydrogens (tertiary/aromatic N) is 1.